The van der Waals surface area contributed by atoms with E-state index in [-0.39, 0.29) is 22.6 Å². The predicted molar refractivity (Wildman–Crippen MR) is 147 cm³/mol. The third-order valence-corrected chi connectivity index (χ3v) is 7.25. The summed E-state index contributed by atoms with van der Waals surface area (Å²) in [5.74, 6) is -0.352. The highest BCUT2D eigenvalue weighted by Crippen LogP contribution is 2.22. The van der Waals surface area contributed by atoms with Crippen LogP contribution in [-0.2, 0) is 21.5 Å². The first-order valence-corrected chi connectivity index (χ1v) is 13.2. The van der Waals surface area contributed by atoms with Crippen LogP contribution in [0.2, 0.25) is 0 Å². The lowest BCUT2D eigenvalue weighted by Gasteiger charge is -2.14. The fraction of sp³-hybridized carbons (Fsp3) is 0.0690. The van der Waals surface area contributed by atoms with Crippen molar-refractivity contribution >= 4 is 44.0 Å². The maximum atomic E-state index is 12.9. The van der Waals surface area contributed by atoms with Gasteiger partial charge in [-0.2, -0.15) is 13.5 Å². The van der Waals surface area contributed by atoms with Gasteiger partial charge in [0.15, 0.2) is 11.2 Å². The van der Waals surface area contributed by atoms with Gasteiger partial charge in [-0.15, -0.1) is 0 Å². The van der Waals surface area contributed by atoms with Crippen LogP contribution < -0.4 is 15.0 Å². The number of fused-ring (bicyclic) bond motifs is 2. The summed E-state index contributed by atoms with van der Waals surface area (Å²) in [6.45, 7) is 1.78. The SMILES string of the molecule is Cc1ccc(S(=O)(=O)Oc2ccccc2/C=N\NC(=O)Cn2c3ccccc3c(=O)c3ccccc32)cc1. The highest BCUT2D eigenvalue weighted by Gasteiger charge is 2.18. The molecule has 0 aliphatic rings. The number of pyridine rings is 1. The second-order valence-electron chi connectivity index (χ2n) is 8.63. The van der Waals surface area contributed by atoms with E-state index in [4.69, 9.17) is 4.18 Å². The van der Waals surface area contributed by atoms with Gasteiger partial charge >= 0.3 is 10.1 Å². The molecule has 0 saturated heterocycles. The second kappa shape index (κ2) is 10.3. The van der Waals surface area contributed by atoms with E-state index in [0.717, 1.165) is 5.56 Å². The van der Waals surface area contributed by atoms with E-state index in [1.54, 1.807) is 71.3 Å². The lowest BCUT2D eigenvalue weighted by Crippen LogP contribution is -2.25. The molecule has 1 heterocycles. The first kappa shape index (κ1) is 24.9. The summed E-state index contributed by atoms with van der Waals surface area (Å²) in [7, 11) is -4.06. The van der Waals surface area contributed by atoms with Gasteiger partial charge in [-0.05, 0) is 55.5 Å². The summed E-state index contributed by atoms with van der Waals surface area (Å²) in [5.41, 5.74) is 4.94. The van der Waals surface area contributed by atoms with E-state index < -0.39 is 16.0 Å². The molecule has 8 nitrogen and oxygen atoms in total. The van der Waals surface area contributed by atoms with Gasteiger partial charge in [-0.3, -0.25) is 9.59 Å². The zero-order valence-corrected chi connectivity index (χ0v) is 21.2. The molecule has 1 amide bonds. The molecule has 190 valence electrons. The van der Waals surface area contributed by atoms with Crippen LogP contribution in [0.3, 0.4) is 0 Å². The van der Waals surface area contributed by atoms with Crippen molar-refractivity contribution in [1.29, 1.82) is 0 Å². The highest BCUT2D eigenvalue weighted by atomic mass is 32.2. The molecule has 0 atom stereocenters. The third-order valence-electron chi connectivity index (χ3n) is 6.00. The molecular formula is C29H23N3O5S. The summed E-state index contributed by atoms with van der Waals surface area (Å²) in [5, 5.41) is 5.05. The van der Waals surface area contributed by atoms with Crippen LogP contribution in [-0.4, -0.2) is 25.1 Å². The van der Waals surface area contributed by atoms with Crippen molar-refractivity contribution in [2.75, 3.05) is 0 Å². The van der Waals surface area contributed by atoms with E-state index in [0.29, 0.717) is 27.4 Å². The molecule has 0 bridgehead atoms. The molecule has 9 heteroatoms. The van der Waals surface area contributed by atoms with Crippen molar-refractivity contribution in [1.82, 2.24) is 9.99 Å². The molecule has 0 saturated carbocycles. The molecule has 0 fully saturated rings. The number of benzene rings is 4. The molecule has 1 aromatic heterocycles. The molecule has 0 radical (unpaired) electrons. The van der Waals surface area contributed by atoms with Crippen LogP contribution in [0.4, 0.5) is 0 Å². The van der Waals surface area contributed by atoms with Gasteiger partial charge in [0.2, 0.25) is 0 Å². The van der Waals surface area contributed by atoms with E-state index in [9.17, 15) is 18.0 Å². The highest BCUT2D eigenvalue weighted by molar-refractivity contribution is 7.87. The number of nitrogens with one attached hydrogen (secondary N) is 1. The van der Waals surface area contributed by atoms with Crippen LogP contribution in [0, 0.1) is 6.92 Å². The minimum atomic E-state index is -4.06. The predicted octanol–water partition coefficient (Wildman–Crippen LogP) is 4.38. The Morgan fingerprint density at radius 2 is 1.45 bits per heavy atom. The van der Waals surface area contributed by atoms with Gasteiger partial charge in [0.05, 0.1) is 17.2 Å². The van der Waals surface area contributed by atoms with Gasteiger partial charge in [0.25, 0.3) is 5.91 Å². The van der Waals surface area contributed by atoms with Crippen molar-refractivity contribution in [2.45, 2.75) is 18.4 Å². The molecule has 38 heavy (non-hydrogen) atoms. The first-order valence-electron chi connectivity index (χ1n) is 11.8. The number of hydrazone groups is 1. The number of amides is 1. The summed E-state index contributed by atoms with van der Waals surface area (Å²) in [6.07, 6.45) is 1.32. The summed E-state index contributed by atoms with van der Waals surface area (Å²) < 4.78 is 32.6. The molecule has 5 rings (SSSR count). The Kier molecular flexibility index (Phi) is 6.76. The van der Waals surface area contributed by atoms with E-state index in [1.165, 1.54) is 24.4 Å². The van der Waals surface area contributed by atoms with Crippen LogP contribution in [0.1, 0.15) is 11.1 Å². The summed E-state index contributed by atoms with van der Waals surface area (Å²) in [6, 6.07) is 27.1. The minimum Gasteiger partial charge on any atom is -0.378 e. The molecule has 0 aliphatic carbocycles. The molecule has 0 spiro atoms. The van der Waals surface area contributed by atoms with E-state index in [1.807, 2.05) is 19.1 Å². The average Bonchev–Trinajstić information content (AvgIpc) is 2.92. The van der Waals surface area contributed by atoms with Gasteiger partial charge in [-0.25, -0.2) is 5.43 Å². The zero-order chi connectivity index (χ0) is 26.7. The topological polar surface area (TPSA) is 107 Å². The number of aryl methyl sites for hydroxylation is 1. The molecule has 4 aromatic carbocycles. The molecule has 0 aliphatic heterocycles. The van der Waals surface area contributed by atoms with Gasteiger partial charge in [0, 0.05) is 16.3 Å². The zero-order valence-electron chi connectivity index (χ0n) is 20.4. The molecule has 5 aromatic rings. The number of nitrogens with zero attached hydrogens (tertiary/aromatic N) is 2. The standard InChI is InChI=1S/C29H23N3O5S/c1-20-14-16-22(17-15-20)38(35,36)37-27-13-7-2-8-21(27)18-30-31-28(33)19-32-25-11-5-3-9-23(25)29(34)24-10-4-6-12-26(24)32/h2-18H,19H2,1H3,(H,31,33)/b30-18-. The number of para-hydroxylation sites is 3. The van der Waals surface area contributed by atoms with Gasteiger partial charge in [0.1, 0.15) is 11.4 Å². The lowest BCUT2D eigenvalue weighted by atomic mass is 10.1. The van der Waals surface area contributed by atoms with Crippen molar-refractivity contribution in [3.63, 3.8) is 0 Å². The molecular weight excluding hydrogens is 502 g/mol. The largest absolute Gasteiger partial charge is 0.378 e. The summed E-state index contributed by atoms with van der Waals surface area (Å²) >= 11 is 0. The number of carbonyl (C=O) groups is 1. The van der Waals surface area contributed by atoms with E-state index in [2.05, 4.69) is 10.5 Å². The monoisotopic (exact) mass is 525 g/mol. The molecule has 0 unspecified atom stereocenters. The Morgan fingerprint density at radius 3 is 2.11 bits per heavy atom. The van der Waals surface area contributed by atoms with Crippen LogP contribution in [0.5, 0.6) is 5.75 Å². The van der Waals surface area contributed by atoms with Crippen molar-refractivity contribution in [3.05, 3.63) is 118 Å². The van der Waals surface area contributed by atoms with Gasteiger partial charge in [-0.1, -0.05) is 54.1 Å². The maximum absolute atomic E-state index is 12.9. The lowest BCUT2D eigenvalue weighted by molar-refractivity contribution is -0.121. The number of carbonyl (C=O) groups excluding carboxylic acids is 1. The summed E-state index contributed by atoms with van der Waals surface area (Å²) in [4.78, 5) is 25.8. The Bertz CT molecular complexity index is 1800. The third kappa shape index (κ3) is 5.05. The van der Waals surface area contributed by atoms with Crippen LogP contribution in [0.15, 0.2) is 112 Å². The fourth-order valence-corrected chi connectivity index (χ4v) is 5.09. The number of aromatic nitrogens is 1. The molecule has 1 N–H and O–H groups in total. The Hall–Kier alpha value is -4.76. The van der Waals surface area contributed by atoms with Crippen molar-refractivity contribution in [3.8, 4) is 5.75 Å². The normalized spacial score (nSPS) is 11.7. The fourth-order valence-electron chi connectivity index (χ4n) is 4.13. The minimum absolute atomic E-state index is 0.0312. The van der Waals surface area contributed by atoms with E-state index >= 15 is 0 Å². The quantitative estimate of drug-likeness (QED) is 0.147. The maximum Gasteiger partial charge on any atom is 0.339 e. The second-order valence-corrected chi connectivity index (χ2v) is 10.2. The van der Waals surface area contributed by atoms with Crippen LogP contribution >= 0.6 is 0 Å². The van der Waals surface area contributed by atoms with Crippen molar-refractivity contribution in [2.24, 2.45) is 5.10 Å². The number of rotatable bonds is 7. The first-order chi connectivity index (χ1) is 18.3. The van der Waals surface area contributed by atoms with Crippen molar-refractivity contribution < 1.29 is 17.4 Å². The Morgan fingerprint density at radius 1 is 0.868 bits per heavy atom. The number of hydrogen-bond acceptors (Lipinski definition) is 6. The van der Waals surface area contributed by atoms with Gasteiger partial charge < -0.3 is 8.75 Å². The Labute approximate surface area is 218 Å². The Balaban J connectivity index is 1.37. The van der Waals surface area contributed by atoms with Crippen LogP contribution in [0.25, 0.3) is 21.8 Å². The number of hydrogen-bond donors (Lipinski definition) is 1. The smallest absolute Gasteiger partial charge is 0.339 e. The average molecular weight is 526 g/mol.